The fourth-order valence-electron chi connectivity index (χ4n) is 2.39. The highest BCUT2D eigenvalue weighted by molar-refractivity contribution is 7.15. The first-order chi connectivity index (χ1) is 9.60. The Morgan fingerprint density at radius 2 is 2.30 bits per heavy atom. The van der Waals surface area contributed by atoms with Gasteiger partial charge < -0.3 is 9.52 Å². The highest BCUT2D eigenvalue weighted by atomic mass is 32.1. The fraction of sp³-hybridized carbons (Fsp3) is 0.467. The molecule has 1 aliphatic carbocycles. The number of aromatic nitrogens is 1. The van der Waals surface area contributed by atoms with Gasteiger partial charge in [0.2, 0.25) is 0 Å². The van der Waals surface area contributed by atoms with Crippen LogP contribution < -0.4 is 0 Å². The van der Waals surface area contributed by atoms with Crippen molar-refractivity contribution in [2.45, 2.75) is 39.0 Å². The summed E-state index contributed by atoms with van der Waals surface area (Å²) in [5.74, 6) is 1.78. The van der Waals surface area contributed by atoms with E-state index >= 15 is 0 Å². The van der Waals surface area contributed by atoms with Crippen LogP contribution in [-0.4, -0.2) is 16.1 Å². The molecule has 2 heterocycles. The maximum Gasteiger partial charge on any atom is 0.356 e. The van der Waals surface area contributed by atoms with Crippen LogP contribution in [0.2, 0.25) is 0 Å². The van der Waals surface area contributed by atoms with Gasteiger partial charge in [-0.1, -0.05) is 13.8 Å². The zero-order chi connectivity index (χ0) is 14.3. The second kappa shape index (κ2) is 5.05. The number of thiazole rings is 1. The Balaban J connectivity index is 1.95. The van der Waals surface area contributed by atoms with E-state index in [0.717, 1.165) is 30.0 Å². The molecule has 1 saturated carbocycles. The van der Waals surface area contributed by atoms with Crippen LogP contribution in [-0.2, 0) is 6.42 Å². The summed E-state index contributed by atoms with van der Waals surface area (Å²) < 4.78 is 5.85. The van der Waals surface area contributed by atoms with Gasteiger partial charge in [0.1, 0.15) is 16.4 Å². The standard InChI is InChI=1S/C15H17NO3S/c1-3-4-12-16-13(15(17)18)14(20-12)11-6-5-10(19-11)9-7-8(9)2/h5-6,8-9H,3-4,7H2,1-2H3,(H,17,18). The highest BCUT2D eigenvalue weighted by Gasteiger charge is 2.37. The average molecular weight is 291 g/mol. The molecule has 1 N–H and O–H groups in total. The maximum absolute atomic E-state index is 11.3. The quantitative estimate of drug-likeness (QED) is 0.897. The molecule has 0 amide bonds. The lowest BCUT2D eigenvalue weighted by atomic mass is 10.2. The number of rotatable bonds is 5. The summed E-state index contributed by atoms with van der Waals surface area (Å²) in [5.41, 5.74) is 0.114. The van der Waals surface area contributed by atoms with Crippen LogP contribution in [0, 0.1) is 5.92 Å². The summed E-state index contributed by atoms with van der Waals surface area (Å²) in [5, 5.41) is 10.1. The summed E-state index contributed by atoms with van der Waals surface area (Å²) in [6.45, 7) is 4.25. The molecule has 1 aliphatic rings. The zero-order valence-corrected chi connectivity index (χ0v) is 12.4. The van der Waals surface area contributed by atoms with Gasteiger partial charge in [0.15, 0.2) is 5.69 Å². The molecule has 106 valence electrons. The Morgan fingerprint density at radius 1 is 1.55 bits per heavy atom. The number of carboxylic acids is 1. The number of carbonyl (C=O) groups is 1. The van der Waals surface area contributed by atoms with Crippen molar-refractivity contribution in [3.05, 3.63) is 28.6 Å². The van der Waals surface area contributed by atoms with Crippen molar-refractivity contribution in [1.29, 1.82) is 0 Å². The van der Waals surface area contributed by atoms with E-state index in [1.807, 2.05) is 12.1 Å². The van der Waals surface area contributed by atoms with E-state index in [9.17, 15) is 9.90 Å². The van der Waals surface area contributed by atoms with Gasteiger partial charge in [0, 0.05) is 5.92 Å². The van der Waals surface area contributed by atoms with Gasteiger partial charge in [0.25, 0.3) is 0 Å². The Morgan fingerprint density at radius 3 is 2.90 bits per heavy atom. The van der Waals surface area contributed by atoms with Gasteiger partial charge >= 0.3 is 5.97 Å². The average Bonchev–Trinajstić information content (AvgIpc) is 2.83. The number of aromatic carboxylic acids is 1. The number of furan rings is 1. The molecule has 0 spiro atoms. The molecule has 3 rings (SSSR count). The number of aryl methyl sites for hydroxylation is 1. The van der Waals surface area contributed by atoms with Crippen molar-refractivity contribution in [1.82, 2.24) is 4.98 Å². The molecule has 5 heteroatoms. The molecule has 2 aromatic rings. The molecule has 0 bridgehead atoms. The molecule has 0 aliphatic heterocycles. The molecule has 0 radical (unpaired) electrons. The van der Waals surface area contributed by atoms with E-state index in [2.05, 4.69) is 18.8 Å². The SMILES string of the molecule is CCCc1nc(C(=O)O)c(-c2ccc(C3CC3C)o2)s1. The maximum atomic E-state index is 11.3. The van der Waals surface area contributed by atoms with Crippen molar-refractivity contribution in [3.8, 4) is 10.6 Å². The van der Waals surface area contributed by atoms with Gasteiger partial charge in [-0.15, -0.1) is 11.3 Å². The van der Waals surface area contributed by atoms with Gasteiger partial charge in [0.05, 0.1) is 5.01 Å². The first kappa shape index (κ1) is 13.4. The molecule has 1 fully saturated rings. The number of hydrogen-bond donors (Lipinski definition) is 1. The minimum atomic E-state index is -0.989. The Hall–Kier alpha value is -1.62. The van der Waals surface area contributed by atoms with E-state index in [-0.39, 0.29) is 5.69 Å². The van der Waals surface area contributed by atoms with Crippen LogP contribution in [0.25, 0.3) is 10.6 Å². The third kappa shape index (κ3) is 2.38. The largest absolute Gasteiger partial charge is 0.476 e. The van der Waals surface area contributed by atoms with Gasteiger partial charge in [-0.05, 0) is 37.3 Å². The van der Waals surface area contributed by atoms with Crippen molar-refractivity contribution in [2.75, 3.05) is 0 Å². The fourth-order valence-corrected chi connectivity index (χ4v) is 3.51. The van der Waals surface area contributed by atoms with Crippen LogP contribution in [0.4, 0.5) is 0 Å². The first-order valence-corrected chi connectivity index (χ1v) is 7.75. The predicted octanol–water partition coefficient (Wildman–Crippen LogP) is 4.18. The molecule has 20 heavy (non-hydrogen) atoms. The van der Waals surface area contributed by atoms with Crippen LogP contribution in [0.1, 0.15) is 53.9 Å². The minimum Gasteiger partial charge on any atom is -0.476 e. The molecular weight excluding hydrogens is 274 g/mol. The summed E-state index contributed by atoms with van der Waals surface area (Å²) in [4.78, 5) is 16.2. The van der Waals surface area contributed by atoms with E-state index in [4.69, 9.17) is 4.42 Å². The van der Waals surface area contributed by atoms with E-state index in [1.54, 1.807) is 0 Å². The van der Waals surface area contributed by atoms with E-state index in [1.165, 1.54) is 11.3 Å². The molecule has 2 unspecified atom stereocenters. The first-order valence-electron chi connectivity index (χ1n) is 6.93. The van der Waals surface area contributed by atoms with Crippen molar-refractivity contribution < 1.29 is 14.3 Å². The van der Waals surface area contributed by atoms with E-state index in [0.29, 0.717) is 22.5 Å². The number of nitrogens with zero attached hydrogens (tertiary/aromatic N) is 1. The predicted molar refractivity (Wildman–Crippen MR) is 77.3 cm³/mol. The second-order valence-electron chi connectivity index (χ2n) is 5.36. The zero-order valence-electron chi connectivity index (χ0n) is 11.5. The second-order valence-corrected chi connectivity index (χ2v) is 6.45. The lowest BCUT2D eigenvalue weighted by Gasteiger charge is -1.94. The minimum absolute atomic E-state index is 0.114. The third-order valence-corrected chi connectivity index (χ3v) is 4.79. The molecular formula is C15H17NO3S. The Labute approximate surface area is 121 Å². The lowest BCUT2D eigenvalue weighted by Crippen LogP contribution is -1.98. The molecule has 4 nitrogen and oxygen atoms in total. The van der Waals surface area contributed by atoms with Crippen LogP contribution >= 0.6 is 11.3 Å². The Kier molecular flexibility index (Phi) is 3.38. The van der Waals surface area contributed by atoms with Crippen LogP contribution in [0.5, 0.6) is 0 Å². The van der Waals surface area contributed by atoms with Gasteiger partial charge in [-0.2, -0.15) is 0 Å². The summed E-state index contributed by atoms with van der Waals surface area (Å²) in [6.07, 6.45) is 2.91. The molecule has 2 aromatic heterocycles. The summed E-state index contributed by atoms with van der Waals surface area (Å²) in [7, 11) is 0. The molecule has 0 saturated heterocycles. The topological polar surface area (TPSA) is 63.3 Å². The van der Waals surface area contributed by atoms with Crippen molar-refractivity contribution in [3.63, 3.8) is 0 Å². The number of hydrogen-bond acceptors (Lipinski definition) is 4. The molecule has 2 atom stereocenters. The van der Waals surface area contributed by atoms with Crippen LogP contribution in [0.3, 0.4) is 0 Å². The molecule has 0 aromatic carbocycles. The van der Waals surface area contributed by atoms with Crippen molar-refractivity contribution >= 4 is 17.3 Å². The monoisotopic (exact) mass is 291 g/mol. The smallest absolute Gasteiger partial charge is 0.356 e. The summed E-state index contributed by atoms with van der Waals surface area (Å²) >= 11 is 1.43. The number of carboxylic acid groups (broad SMARTS) is 1. The third-order valence-electron chi connectivity index (χ3n) is 3.66. The van der Waals surface area contributed by atoms with Gasteiger partial charge in [-0.25, -0.2) is 9.78 Å². The highest BCUT2D eigenvalue weighted by Crippen LogP contribution is 2.48. The van der Waals surface area contributed by atoms with Crippen LogP contribution in [0.15, 0.2) is 16.5 Å². The van der Waals surface area contributed by atoms with E-state index < -0.39 is 5.97 Å². The van der Waals surface area contributed by atoms with Gasteiger partial charge in [-0.3, -0.25) is 0 Å². The lowest BCUT2D eigenvalue weighted by molar-refractivity contribution is 0.0691. The Bertz CT molecular complexity index is 643. The summed E-state index contributed by atoms with van der Waals surface area (Å²) in [6, 6.07) is 3.84. The normalized spacial score (nSPS) is 21.1. The van der Waals surface area contributed by atoms with Crippen molar-refractivity contribution in [2.24, 2.45) is 5.92 Å².